The van der Waals surface area contributed by atoms with Gasteiger partial charge >= 0.3 is 0 Å². The van der Waals surface area contributed by atoms with Crippen molar-refractivity contribution in [2.75, 3.05) is 19.5 Å². The van der Waals surface area contributed by atoms with Gasteiger partial charge in [-0.2, -0.15) is 5.26 Å². The molecule has 0 fully saturated rings. The average molecular weight is 400 g/mol. The summed E-state index contributed by atoms with van der Waals surface area (Å²) in [6.07, 6.45) is 0. The van der Waals surface area contributed by atoms with E-state index in [-0.39, 0.29) is 11.7 Å². The molecule has 1 unspecified atom stereocenters. The zero-order valence-corrected chi connectivity index (χ0v) is 17.3. The van der Waals surface area contributed by atoms with E-state index in [1.54, 1.807) is 26.4 Å². The first-order chi connectivity index (χ1) is 14.5. The Morgan fingerprint density at radius 3 is 2.23 bits per heavy atom. The van der Waals surface area contributed by atoms with Crippen LogP contribution in [0.3, 0.4) is 0 Å². The minimum atomic E-state index is -0.303. The van der Waals surface area contributed by atoms with Crippen LogP contribution in [0.2, 0.25) is 0 Å². The van der Waals surface area contributed by atoms with Crippen molar-refractivity contribution in [3.63, 3.8) is 0 Å². The lowest BCUT2D eigenvalue weighted by atomic mass is 9.92. The van der Waals surface area contributed by atoms with E-state index in [9.17, 15) is 4.79 Å². The fourth-order valence-electron chi connectivity index (χ4n) is 3.18. The highest BCUT2D eigenvalue weighted by molar-refractivity contribution is 6.01. The van der Waals surface area contributed by atoms with Gasteiger partial charge in [0.05, 0.1) is 25.9 Å². The number of nitrogens with zero attached hydrogens (tertiary/aromatic N) is 1. The summed E-state index contributed by atoms with van der Waals surface area (Å²) >= 11 is 0. The Morgan fingerprint density at radius 1 is 0.967 bits per heavy atom. The third-order valence-corrected chi connectivity index (χ3v) is 5.05. The molecule has 3 aromatic rings. The van der Waals surface area contributed by atoms with Crippen molar-refractivity contribution in [2.45, 2.75) is 19.4 Å². The Bertz CT molecular complexity index is 1050. The topological polar surface area (TPSA) is 71.3 Å². The number of carbonyl (C=O) groups is 1. The third kappa shape index (κ3) is 4.79. The first kappa shape index (κ1) is 20.9. The molecule has 0 aromatic heterocycles. The molecule has 0 saturated carbocycles. The van der Waals surface area contributed by atoms with E-state index in [4.69, 9.17) is 14.7 Å². The molecule has 0 aliphatic heterocycles. The van der Waals surface area contributed by atoms with Crippen molar-refractivity contribution >= 4 is 11.5 Å². The largest absolute Gasteiger partial charge is 0.493 e. The van der Waals surface area contributed by atoms with E-state index in [2.05, 4.69) is 11.4 Å². The Balaban J connectivity index is 1.66. The van der Waals surface area contributed by atoms with Gasteiger partial charge in [-0.1, -0.05) is 25.1 Å². The zero-order chi connectivity index (χ0) is 21.5. The second kappa shape index (κ2) is 9.62. The number of Topliss-reactive ketones (excluding diaryl/α,β-unsaturated/α-hetero) is 1. The second-order valence-electron chi connectivity index (χ2n) is 6.94. The number of ketones is 1. The minimum absolute atomic E-state index is 0.0425. The first-order valence-corrected chi connectivity index (χ1v) is 9.65. The summed E-state index contributed by atoms with van der Waals surface area (Å²) in [5, 5.41) is 12.2. The highest BCUT2D eigenvalue weighted by atomic mass is 16.5. The van der Waals surface area contributed by atoms with Crippen molar-refractivity contribution in [1.82, 2.24) is 0 Å². The predicted octanol–water partition coefficient (Wildman–Crippen LogP) is 5.17. The lowest BCUT2D eigenvalue weighted by Gasteiger charge is -2.15. The van der Waals surface area contributed by atoms with Gasteiger partial charge in [0.25, 0.3) is 0 Å². The summed E-state index contributed by atoms with van der Waals surface area (Å²) in [5.74, 6) is 0.985. The molecular formula is C25H24N2O3. The van der Waals surface area contributed by atoms with Crippen LogP contribution in [0.25, 0.3) is 0 Å². The number of hydrogen-bond acceptors (Lipinski definition) is 5. The number of methoxy groups -OCH3 is 2. The summed E-state index contributed by atoms with van der Waals surface area (Å²) in [6.45, 7) is 2.53. The maximum Gasteiger partial charge on any atom is 0.170 e. The monoisotopic (exact) mass is 400 g/mol. The second-order valence-corrected chi connectivity index (χ2v) is 6.94. The van der Waals surface area contributed by atoms with Gasteiger partial charge in [-0.25, -0.2) is 0 Å². The maximum absolute atomic E-state index is 12.9. The molecule has 0 bridgehead atoms. The SMILES string of the molecule is COc1ccc(C(C)C(=O)c2ccc(NCc3ccc(C#N)cc3)cc2)cc1OC. The van der Waals surface area contributed by atoms with Crippen LogP contribution in [-0.2, 0) is 6.54 Å². The van der Waals surface area contributed by atoms with Crippen LogP contribution in [0.5, 0.6) is 11.5 Å². The van der Waals surface area contributed by atoms with Gasteiger partial charge in [-0.3, -0.25) is 4.79 Å². The van der Waals surface area contributed by atoms with Crippen LogP contribution >= 0.6 is 0 Å². The van der Waals surface area contributed by atoms with Crippen LogP contribution in [0.1, 0.15) is 39.9 Å². The number of rotatable bonds is 8. The van der Waals surface area contributed by atoms with Gasteiger partial charge in [-0.05, 0) is 59.7 Å². The summed E-state index contributed by atoms with van der Waals surface area (Å²) in [4.78, 5) is 12.9. The van der Waals surface area contributed by atoms with E-state index in [1.807, 2.05) is 61.5 Å². The van der Waals surface area contributed by atoms with E-state index in [1.165, 1.54) is 0 Å². The van der Waals surface area contributed by atoms with E-state index in [0.717, 1.165) is 16.8 Å². The fraction of sp³-hybridized carbons (Fsp3) is 0.200. The molecule has 5 heteroatoms. The van der Waals surface area contributed by atoms with Crippen molar-refractivity contribution in [2.24, 2.45) is 0 Å². The summed E-state index contributed by atoms with van der Waals surface area (Å²) in [5.41, 5.74) is 4.18. The van der Waals surface area contributed by atoms with E-state index < -0.39 is 0 Å². The lowest BCUT2D eigenvalue weighted by Crippen LogP contribution is -2.10. The fourth-order valence-corrected chi connectivity index (χ4v) is 3.18. The van der Waals surface area contributed by atoms with Crippen molar-refractivity contribution in [1.29, 1.82) is 5.26 Å². The Hall–Kier alpha value is -3.78. The van der Waals surface area contributed by atoms with Gasteiger partial charge in [0.2, 0.25) is 0 Å². The van der Waals surface area contributed by atoms with Gasteiger partial charge in [0.15, 0.2) is 17.3 Å². The smallest absolute Gasteiger partial charge is 0.170 e. The number of hydrogen-bond donors (Lipinski definition) is 1. The molecule has 1 atom stereocenters. The zero-order valence-electron chi connectivity index (χ0n) is 17.3. The van der Waals surface area contributed by atoms with Crippen molar-refractivity contribution < 1.29 is 14.3 Å². The Morgan fingerprint density at radius 2 is 1.63 bits per heavy atom. The summed E-state index contributed by atoms with van der Waals surface area (Å²) in [6, 6.07) is 22.6. The van der Waals surface area contributed by atoms with Crippen LogP contribution in [0, 0.1) is 11.3 Å². The number of nitriles is 1. The molecule has 1 N–H and O–H groups in total. The predicted molar refractivity (Wildman–Crippen MR) is 117 cm³/mol. The van der Waals surface area contributed by atoms with Crippen LogP contribution < -0.4 is 14.8 Å². The molecule has 152 valence electrons. The van der Waals surface area contributed by atoms with Crippen LogP contribution in [-0.4, -0.2) is 20.0 Å². The van der Waals surface area contributed by atoms with Gasteiger partial charge in [-0.15, -0.1) is 0 Å². The molecule has 0 saturated heterocycles. The number of nitrogens with one attached hydrogen (secondary N) is 1. The molecule has 0 aliphatic carbocycles. The van der Waals surface area contributed by atoms with Gasteiger partial charge in [0.1, 0.15) is 0 Å². The average Bonchev–Trinajstić information content (AvgIpc) is 2.82. The summed E-state index contributed by atoms with van der Waals surface area (Å²) in [7, 11) is 3.17. The molecule has 3 rings (SSSR count). The van der Waals surface area contributed by atoms with Gasteiger partial charge in [0, 0.05) is 23.7 Å². The normalized spacial score (nSPS) is 11.3. The molecule has 0 amide bonds. The number of carbonyl (C=O) groups excluding carboxylic acids is 1. The number of benzene rings is 3. The van der Waals surface area contributed by atoms with E-state index >= 15 is 0 Å². The number of ether oxygens (including phenoxy) is 2. The van der Waals surface area contributed by atoms with Gasteiger partial charge < -0.3 is 14.8 Å². The molecule has 0 radical (unpaired) electrons. The highest BCUT2D eigenvalue weighted by Gasteiger charge is 2.19. The van der Waals surface area contributed by atoms with Crippen molar-refractivity contribution in [3.8, 4) is 17.6 Å². The molecule has 0 aliphatic rings. The lowest BCUT2D eigenvalue weighted by molar-refractivity contribution is 0.0966. The maximum atomic E-state index is 12.9. The molecule has 3 aromatic carbocycles. The molecule has 0 heterocycles. The molecule has 30 heavy (non-hydrogen) atoms. The Kier molecular flexibility index (Phi) is 6.71. The number of anilines is 1. The van der Waals surface area contributed by atoms with Crippen LogP contribution in [0.4, 0.5) is 5.69 Å². The molecule has 5 nitrogen and oxygen atoms in total. The quantitative estimate of drug-likeness (QED) is 0.528. The summed E-state index contributed by atoms with van der Waals surface area (Å²) < 4.78 is 10.6. The highest BCUT2D eigenvalue weighted by Crippen LogP contribution is 2.31. The van der Waals surface area contributed by atoms with Crippen molar-refractivity contribution in [3.05, 3.63) is 89.0 Å². The van der Waals surface area contributed by atoms with Crippen LogP contribution in [0.15, 0.2) is 66.7 Å². The molecule has 0 spiro atoms. The van der Waals surface area contributed by atoms with E-state index in [0.29, 0.717) is 29.2 Å². The third-order valence-electron chi connectivity index (χ3n) is 5.05. The molecular weight excluding hydrogens is 376 g/mol. The Labute approximate surface area is 176 Å². The first-order valence-electron chi connectivity index (χ1n) is 9.65. The minimum Gasteiger partial charge on any atom is -0.493 e. The standard InChI is InChI=1S/C25H24N2O3/c1-17(21-10-13-23(29-2)24(14-21)30-3)25(28)20-8-11-22(12-9-20)27-16-19-6-4-18(15-26)5-7-19/h4-14,17,27H,16H2,1-3H3.